The highest BCUT2D eigenvalue weighted by molar-refractivity contribution is 6.15. The van der Waals surface area contributed by atoms with Crippen molar-refractivity contribution >= 4 is 23.3 Å². The maximum absolute atomic E-state index is 13.9. The lowest BCUT2D eigenvalue weighted by Gasteiger charge is -2.15. The van der Waals surface area contributed by atoms with E-state index in [1.807, 2.05) is 67.6 Å². The number of benzene rings is 3. The predicted molar refractivity (Wildman–Crippen MR) is 143 cm³/mol. The third-order valence-electron chi connectivity index (χ3n) is 5.93. The molecule has 0 bridgehead atoms. The standard InChI is InChI=1S/C31H27NO5/c1-4-37-31(35)26-20-27(23-11-7-5-8-12-23)32(29(26)30(34)24-13-9-6-10-14-24)25-17-15-22(16-18-25)21(2)19-28(33)36-3/h5-20H,4H2,1-3H3/b21-19+. The Hall–Kier alpha value is -4.71. The monoisotopic (exact) mass is 493 g/mol. The van der Waals surface area contributed by atoms with Gasteiger partial charge in [0.1, 0.15) is 5.69 Å². The van der Waals surface area contributed by atoms with Crippen molar-refractivity contribution in [2.45, 2.75) is 13.8 Å². The molecular weight excluding hydrogens is 466 g/mol. The number of ether oxygens (including phenoxy) is 2. The van der Waals surface area contributed by atoms with Gasteiger partial charge in [-0.2, -0.15) is 0 Å². The molecular formula is C31H27NO5. The topological polar surface area (TPSA) is 74.6 Å². The molecule has 0 saturated carbocycles. The fourth-order valence-corrected chi connectivity index (χ4v) is 4.11. The van der Waals surface area contributed by atoms with E-state index in [0.717, 1.165) is 16.7 Å². The highest BCUT2D eigenvalue weighted by Gasteiger charge is 2.28. The Morgan fingerprint density at radius 1 is 0.838 bits per heavy atom. The van der Waals surface area contributed by atoms with Crippen LogP contribution in [0.25, 0.3) is 22.5 Å². The van der Waals surface area contributed by atoms with E-state index >= 15 is 0 Å². The number of esters is 2. The largest absolute Gasteiger partial charge is 0.466 e. The average Bonchev–Trinajstić information content (AvgIpc) is 3.34. The Labute approximate surface area is 215 Å². The highest BCUT2D eigenvalue weighted by Crippen LogP contribution is 2.32. The van der Waals surface area contributed by atoms with Crippen LogP contribution in [0.15, 0.2) is 97.1 Å². The Morgan fingerprint density at radius 2 is 1.46 bits per heavy atom. The van der Waals surface area contributed by atoms with Gasteiger partial charge in [0.15, 0.2) is 0 Å². The van der Waals surface area contributed by atoms with E-state index in [-0.39, 0.29) is 23.6 Å². The zero-order chi connectivity index (χ0) is 26.4. The lowest BCUT2D eigenvalue weighted by atomic mass is 10.0. The third kappa shape index (κ3) is 5.43. The lowest BCUT2D eigenvalue weighted by molar-refractivity contribution is -0.134. The van der Waals surface area contributed by atoms with Gasteiger partial charge in [-0.05, 0) is 48.7 Å². The molecule has 4 aromatic rings. The number of allylic oxidation sites excluding steroid dienone is 1. The van der Waals surface area contributed by atoms with Crippen LogP contribution in [-0.2, 0) is 14.3 Å². The minimum absolute atomic E-state index is 0.185. The summed E-state index contributed by atoms with van der Waals surface area (Å²) in [6.45, 7) is 3.74. The number of carbonyl (C=O) groups is 3. The molecule has 0 radical (unpaired) electrons. The van der Waals surface area contributed by atoms with Gasteiger partial charge in [0.2, 0.25) is 5.78 Å². The first-order valence-corrected chi connectivity index (χ1v) is 11.9. The van der Waals surface area contributed by atoms with E-state index in [9.17, 15) is 14.4 Å². The molecule has 3 aromatic carbocycles. The Morgan fingerprint density at radius 3 is 2.05 bits per heavy atom. The first-order valence-electron chi connectivity index (χ1n) is 11.9. The Bertz CT molecular complexity index is 1450. The van der Waals surface area contributed by atoms with Gasteiger partial charge in [-0.15, -0.1) is 0 Å². The lowest BCUT2D eigenvalue weighted by Crippen LogP contribution is -2.15. The molecule has 0 unspecified atom stereocenters. The fraction of sp³-hybridized carbons (Fsp3) is 0.129. The average molecular weight is 494 g/mol. The molecule has 0 aliphatic carbocycles. The van der Waals surface area contributed by atoms with Crippen molar-refractivity contribution in [3.05, 3.63) is 119 Å². The van der Waals surface area contributed by atoms with Crippen molar-refractivity contribution in [1.29, 1.82) is 0 Å². The summed E-state index contributed by atoms with van der Waals surface area (Å²) in [7, 11) is 1.33. The normalized spacial score (nSPS) is 11.2. The summed E-state index contributed by atoms with van der Waals surface area (Å²) in [6, 6.07) is 27.6. The summed E-state index contributed by atoms with van der Waals surface area (Å²) in [5.74, 6) is -1.30. The first kappa shape index (κ1) is 25.4. The zero-order valence-corrected chi connectivity index (χ0v) is 20.9. The van der Waals surface area contributed by atoms with Crippen LogP contribution < -0.4 is 0 Å². The van der Waals surface area contributed by atoms with Gasteiger partial charge in [-0.25, -0.2) is 9.59 Å². The van der Waals surface area contributed by atoms with Gasteiger partial charge < -0.3 is 14.0 Å². The third-order valence-corrected chi connectivity index (χ3v) is 5.93. The molecule has 6 heteroatoms. The molecule has 0 aliphatic heterocycles. The second kappa shape index (κ2) is 11.4. The van der Waals surface area contributed by atoms with E-state index in [1.165, 1.54) is 13.2 Å². The summed E-state index contributed by atoms with van der Waals surface area (Å²) >= 11 is 0. The highest BCUT2D eigenvalue weighted by atomic mass is 16.5. The molecule has 1 heterocycles. The maximum atomic E-state index is 13.9. The molecule has 0 amide bonds. The number of ketones is 1. The van der Waals surface area contributed by atoms with Crippen molar-refractivity contribution in [3.8, 4) is 16.9 Å². The summed E-state index contributed by atoms with van der Waals surface area (Å²) in [5, 5.41) is 0. The number of rotatable bonds is 8. The number of methoxy groups -OCH3 is 1. The SMILES string of the molecule is CCOC(=O)c1cc(-c2ccccc2)n(-c2ccc(/C(C)=C/C(=O)OC)cc2)c1C(=O)c1ccccc1. The number of aromatic nitrogens is 1. The van der Waals surface area contributed by atoms with Crippen LogP contribution in [0.4, 0.5) is 0 Å². The molecule has 0 saturated heterocycles. The minimum Gasteiger partial charge on any atom is -0.466 e. The van der Waals surface area contributed by atoms with E-state index in [2.05, 4.69) is 0 Å². The summed E-state index contributed by atoms with van der Waals surface area (Å²) in [5.41, 5.74) is 4.64. The Balaban J connectivity index is 1.96. The van der Waals surface area contributed by atoms with Gasteiger partial charge in [0, 0.05) is 17.3 Å². The van der Waals surface area contributed by atoms with Crippen molar-refractivity contribution < 1.29 is 23.9 Å². The molecule has 0 atom stereocenters. The van der Waals surface area contributed by atoms with Gasteiger partial charge in [-0.3, -0.25) is 4.79 Å². The predicted octanol–water partition coefficient (Wildman–Crippen LogP) is 6.13. The number of carbonyl (C=O) groups excluding carboxylic acids is 3. The smallest absolute Gasteiger partial charge is 0.340 e. The molecule has 0 N–H and O–H groups in total. The summed E-state index contributed by atoms with van der Waals surface area (Å²) < 4.78 is 11.9. The second-order valence-corrected chi connectivity index (χ2v) is 8.31. The van der Waals surface area contributed by atoms with Crippen molar-refractivity contribution in [3.63, 3.8) is 0 Å². The number of hydrogen-bond acceptors (Lipinski definition) is 5. The van der Waals surface area contributed by atoms with Crippen LogP contribution in [-0.4, -0.2) is 36.0 Å². The van der Waals surface area contributed by atoms with Gasteiger partial charge in [0.05, 0.1) is 25.0 Å². The molecule has 0 aliphatic rings. The quantitative estimate of drug-likeness (QED) is 0.168. The molecule has 37 heavy (non-hydrogen) atoms. The van der Waals surface area contributed by atoms with Crippen LogP contribution in [0.2, 0.25) is 0 Å². The van der Waals surface area contributed by atoms with Crippen molar-refractivity contribution in [2.75, 3.05) is 13.7 Å². The van der Waals surface area contributed by atoms with Gasteiger partial charge >= 0.3 is 11.9 Å². The molecule has 6 nitrogen and oxygen atoms in total. The second-order valence-electron chi connectivity index (χ2n) is 8.31. The minimum atomic E-state index is -0.564. The zero-order valence-electron chi connectivity index (χ0n) is 20.9. The number of hydrogen-bond donors (Lipinski definition) is 0. The molecule has 186 valence electrons. The van der Waals surface area contributed by atoms with Crippen molar-refractivity contribution in [1.82, 2.24) is 4.57 Å². The molecule has 4 rings (SSSR count). The van der Waals surface area contributed by atoms with Crippen LogP contribution >= 0.6 is 0 Å². The van der Waals surface area contributed by atoms with E-state index < -0.39 is 11.9 Å². The first-order chi connectivity index (χ1) is 17.9. The van der Waals surface area contributed by atoms with Crippen LogP contribution in [0.5, 0.6) is 0 Å². The Kier molecular flexibility index (Phi) is 7.79. The summed E-state index contributed by atoms with van der Waals surface area (Å²) in [4.78, 5) is 38.6. The van der Waals surface area contributed by atoms with E-state index in [4.69, 9.17) is 9.47 Å². The van der Waals surface area contributed by atoms with E-state index in [1.54, 1.807) is 41.8 Å². The maximum Gasteiger partial charge on any atom is 0.340 e. The molecule has 1 aromatic heterocycles. The number of nitrogens with zero attached hydrogens (tertiary/aromatic N) is 1. The molecule has 0 fully saturated rings. The molecule has 0 spiro atoms. The van der Waals surface area contributed by atoms with Crippen LogP contribution in [0.3, 0.4) is 0 Å². The summed E-state index contributed by atoms with van der Waals surface area (Å²) in [6.07, 6.45) is 1.42. The van der Waals surface area contributed by atoms with Crippen LogP contribution in [0, 0.1) is 0 Å². The van der Waals surface area contributed by atoms with Gasteiger partial charge in [-0.1, -0.05) is 72.8 Å². The fourth-order valence-electron chi connectivity index (χ4n) is 4.11. The van der Waals surface area contributed by atoms with Crippen LogP contribution in [0.1, 0.15) is 45.8 Å². The van der Waals surface area contributed by atoms with Gasteiger partial charge in [0.25, 0.3) is 0 Å². The van der Waals surface area contributed by atoms with Crippen molar-refractivity contribution in [2.24, 2.45) is 0 Å². The van der Waals surface area contributed by atoms with E-state index in [0.29, 0.717) is 16.9 Å².